The number of benzene rings is 1. The van der Waals surface area contributed by atoms with E-state index >= 15 is 0 Å². The Morgan fingerprint density at radius 3 is 2.89 bits per heavy atom. The van der Waals surface area contributed by atoms with E-state index in [-0.39, 0.29) is 0 Å². The summed E-state index contributed by atoms with van der Waals surface area (Å²) in [6.45, 7) is 4.94. The molecule has 19 heavy (non-hydrogen) atoms. The average Bonchev–Trinajstić information content (AvgIpc) is 2.86. The van der Waals surface area contributed by atoms with Gasteiger partial charge >= 0.3 is 0 Å². The highest BCUT2D eigenvalue weighted by Gasteiger charge is 2.19. The number of aliphatic hydroxyl groups is 1. The van der Waals surface area contributed by atoms with E-state index in [2.05, 4.69) is 11.9 Å². The van der Waals surface area contributed by atoms with Crippen LogP contribution < -0.4 is 4.74 Å². The van der Waals surface area contributed by atoms with Crippen LogP contribution in [-0.4, -0.2) is 21.8 Å². The molecule has 4 nitrogen and oxygen atoms in total. The summed E-state index contributed by atoms with van der Waals surface area (Å²) in [5, 5.41) is 10.6. The molecule has 1 N–H and O–H groups in total. The number of rotatable bonds is 5. The number of ether oxygens (including phenoxy) is 1. The van der Waals surface area contributed by atoms with E-state index in [1.807, 2.05) is 35.9 Å². The number of aryl methyl sites for hydroxylation is 2. The monoisotopic (exact) mass is 260 g/mol. The Bertz CT molecular complexity index is 549. The maximum absolute atomic E-state index is 10.6. The van der Waals surface area contributed by atoms with E-state index in [9.17, 15) is 5.11 Å². The molecule has 2 rings (SSSR count). The van der Waals surface area contributed by atoms with Crippen molar-refractivity contribution in [1.29, 1.82) is 0 Å². The van der Waals surface area contributed by atoms with Crippen LogP contribution in [0.15, 0.2) is 30.6 Å². The van der Waals surface area contributed by atoms with Crippen molar-refractivity contribution < 1.29 is 9.84 Å². The highest BCUT2D eigenvalue weighted by atomic mass is 16.5. The summed E-state index contributed by atoms with van der Waals surface area (Å²) in [7, 11) is 1.61. The topological polar surface area (TPSA) is 47.3 Å². The molecule has 1 heterocycles. The molecule has 102 valence electrons. The number of aliphatic hydroxyl groups excluding tert-OH is 1. The lowest BCUT2D eigenvalue weighted by atomic mass is 10.0. The zero-order valence-electron chi connectivity index (χ0n) is 11.6. The summed E-state index contributed by atoms with van der Waals surface area (Å²) in [5.41, 5.74) is 1.84. The van der Waals surface area contributed by atoms with Crippen LogP contribution in [-0.2, 0) is 6.54 Å². The third-order valence-corrected chi connectivity index (χ3v) is 3.14. The van der Waals surface area contributed by atoms with Crippen LogP contribution >= 0.6 is 0 Å². The summed E-state index contributed by atoms with van der Waals surface area (Å²) in [4.78, 5) is 4.27. The third-order valence-electron chi connectivity index (χ3n) is 3.14. The summed E-state index contributed by atoms with van der Waals surface area (Å²) >= 11 is 0. The van der Waals surface area contributed by atoms with Crippen molar-refractivity contribution in [2.24, 2.45) is 0 Å². The predicted octanol–water partition coefficient (Wildman–Crippen LogP) is 2.69. The van der Waals surface area contributed by atoms with Crippen LogP contribution in [0.2, 0.25) is 0 Å². The first-order valence-electron chi connectivity index (χ1n) is 6.51. The molecular weight excluding hydrogens is 240 g/mol. The van der Waals surface area contributed by atoms with Gasteiger partial charge in [0.15, 0.2) is 0 Å². The molecule has 0 aliphatic rings. The fourth-order valence-electron chi connectivity index (χ4n) is 2.20. The molecule has 0 fully saturated rings. The molecule has 0 aliphatic carbocycles. The van der Waals surface area contributed by atoms with E-state index in [0.29, 0.717) is 11.6 Å². The van der Waals surface area contributed by atoms with E-state index in [0.717, 1.165) is 24.1 Å². The quantitative estimate of drug-likeness (QED) is 0.899. The Labute approximate surface area is 113 Å². The van der Waals surface area contributed by atoms with Crippen molar-refractivity contribution in [1.82, 2.24) is 9.55 Å². The summed E-state index contributed by atoms with van der Waals surface area (Å²) < 4.78 is 7.30. The zero-order chi connectivity index (χ0) is 13.8. The molecule has 1 unspecified atom stereocenters. The second kappa shape index (κ2) is 5.89. The van der Waals surface area contributed by atoms with E-state index in [1.54, 1.807) is 13.3 Å². The molecule has 0 aliphatic heterocycles. The first-order valence-corrected chi connectivity index (χ1v) is 6.51. The highest BCUT2D eigenvalue weighted by Crippen LogP contribution is 2.30. The van der Waals surface area contributed by atoms with E-state index < -0.39 is 6.10 Å². The van der Waals surface area contributed by atoms with Crippen molar-refractivity contribution in [3.05, 3.63) is 47.5 Å². The molecule has 4 heteroatoms. The molecule has 2 aromatic rings. The molecular formula is C15H20N2O2. The SMILES string of the molecule is CCCn1ccnc1C(O)c1cc(C)ccc1OC. The maximum atomic E-state index is 10.6. The molecule has 0 bridgehead atoms. The lowest BCUT2D eigenvalue weighted by Gasteiger charge is -2.16. The van der Waals surface area contributed by atoms with Crippen LogP contribution in [0.4, 0.5) is 0 Å². The van der Waals surface area contributed by atoms with Crippen molar-refractivity contribution in [3.8, 4) is 5.75 Å². The van der Waals surface area contributed by atoms with Gasteiger partial charge in [0.2, 0.25) is 0 Å². The first-order chi connectivity index (χ1) is 9.17. The summed E-state index contributed by atoms with van der Waals surface area (Å²) in [6.07, 6.45) is 3.85. The average molecular weight is 260 g/mol. The molecule has 0 radical (unpaired) electrons. The van der Waals surface area contributed by atoms with Gasteiger partial charge < -0.3 is 14.4 Å². The molecule has 1 aromatic heterocycles. The molecule has 0 spiro atoms. The normalized spacial score (nSPS) is 12.4. The van der Waals surface area contributed by atoms with Gasteiger partial charge in [0.1, 0.15) is 17.7 Å². The minimum Gasteiger partial charge on any atom is -0.496 e. The Morgan fingerprint density at radius 2 is 2.21 bits per heavy atom. The largest absolute Gasteiger partial charge is 0.496 e. The van der Waals surface area contributed by atoms with Gasteiger partial charge in [0, 0.05) is 24.5 Å². The van der Waals surface area contributed by atoms with E-state index in [1.165, 1.54) is 0 Å². The lowest BCUT2D eigenvalue weighted by molar-refractivity contribution is 0.199. The van der Waals surface area contributed by atoms with E-state index in [4.69, 9.17) is 4.74 Å². The Morgan fingerprint density at radius 1 is 1.42 bits per heavy atom. The van der Waals surface area contributed by atoms with Gasteiger partial charge in [0.25, 0.3) is 0 Å². The number of methoxy groups -OCH3 is 1. The lowest BCUT2D eigenvalue weighted by Crippen LogP contribution is -2.11. The third kappa shape index (κ3) is 2.79. The number of nitrogens with zero attached hydrogens (tertiary/aromatic N) is 2. The van der Waals surface area contributed by atoms with Crippen LogP contribution in [0, 0.1) is 6.92 Å². The van der Waals surface area contributed by atoms with Crippen molar-refractivity contribution in [2.75, 3.05) is 7.11 Å². The second-order valence-electron chi connectivity index (χ2n) is 4.63. The highest BCUT2D eigenvalue weighted by molar-refractivity contribution is 5.40. The van der Waals surface area contributed by atoms with Crippen LogP contribution in [0.25, 0.3) is 0 Å². The Hall–Kier alpha value is -1.81. The number of hydrogen-bond donors (Lipinski definition) is 1. The van der Waals surface area contributed by atoms with Gasteiger partial charge in [-0.15, -0.1) is 0 Å². The molecule has 1 aromatic carbocycles. The van der Waals surface area contributed by atoms with Crippen molar-refractivity contribution in [2.45, 2.75) is 32.9 Å². The van der Waals surface area contributed by atoms with Crippen molar-refractivity contribution >= 4 is 0 Å². The number of imidazole rings is 1. The molecule has 0 saturated carbocycles. The second-order valence-corrected chi connectivity index (χ2v) is 4.63. The van der Waals surface area contributed by atoms with Crippen LogP contribution in [0.5, 0.6) is 5.75 Å². The van der Waals surface area contributed by atoms with Gasteiger partial charge in [-0.25, -0.2) is 4.98 Å². The zero-order valence-corrected chi connectivity index (χ0v) is 11.6. The fraction of sp³-hybridized carbons (Fsp3) is 0.400. The Balaban J connectivity index is 2.40. The van der Waals surface area contributed by atoms with Gasteiger partial charge in [0.05, 0.1) is 7.11 Å². The van der Waals surface area contributed by atoms with Crippen molar-refractivity contribution in [3.63, 3.8) is 0 Å². The minimum atomic E-state index is -0.767. The first kappa shape index (κ1) is 13.6. The molecule has 0 saturated heterocycles. The fourth-order valence-corrected chi connectivity index (χ4v) is 2.20. The standard InChI is InChI=1S/C15H20N2O2/c1-4-8-17-9-7-16-15(17)14(18)12-10-11(2)5-6-13(12)19-3/h5-7,9-10,14,18H,4,8H2,1-3H3. The van der Waals surface area contributed by atoms with Crippen LogP contribution in [0.1, 0.15) is 36.4 Å². The molecule has 1 atom stereocenters. The smallest absolute Gasteiger partial charge is 0.142 e. The summed E-state index contributed by atoms with van der Waals surface area (Å²) in [6, 6.07) is 5.78. The maximum Gasteiger partial charge on any atom is 0.142 e. The number of aromatic nitrogens is 2. The molecule has 0 amide bonds. The van der Waals surface area contributed by atoms with Gasteiger partial charge in [-0.2, -0.15) is 0 Å². The van der Waals surface area contributed by atoms with Gasteiger partial charge in [-0.3, -0.25) is 0 Å². The Kier molecular flexibility index (Phi) is 4.22. The van der Waals surface area contributed by atoms with Gasteiger partial charge in [-0.05, 0) is 25.5 Å². The summed E-state index contributed by atoms with van der Waals surface area (Å²) in [5.74, 6) is 1.34. The minimum absolute atomic E-state index is 0.658. The number of hydrogen-bond acceptors (Lipinski definition) is 3. The van der Waals surface area contributed by atoms with Gasteiger partial charge in [-0.1, -0.05) is 18.6 Å². The van der Waals surface area contributed by atoms with Crippen LogP contribution in [0.3, 0.4) is 0 Å². The predicted molar refractivity (Wildman–Crippen MR) is 74.3 cm³/mol.